The normalized spacial score (nSPS) is 10.2. The third-order valence-electron chi connectivity index (χ3n) is 1.86. The molecule has 1 rings (SSSR count). The summed E-state index contributed by atoms with van der Waals surface area (Å²) in [6.45, 7) is 3.45. The van der Waals surface area contributed by atoms with Crippen LogP contribution in [0.5, 0.6) is 0 Å². The number of likely N-dealkylation sites (N-methyl/N-ethyl adjacent to an activating group) is 1. The summed E-state index contributed by atoms with van der Waals surface area (Å²) in [7, 11) is 1.99. The number of halogens is 1. The van der Waals surface area contributed by atoms with E-state index in [-0.39, 0.29) is 0 Å². The zero-order valence-electron chi connectivity index (χ0n) is 7.92. The minimum absolute atomic E-state index is 0.646. The Morgan fingerprint density at radius 1 is 1.54 bits per heavy atom. The predicted octanol–water partition coefficient (Wildman–Crippen LogP) is 1.55. The Hall–Kier alpha value is -0.610. The van der Waals surface area contributed by atoms with Gasteiger partial charge in [-0.2, -0.15) is 0 Å². The number of pyridine rings is 1. The molecule has 0 saturated heterocycles. The van der Waals surface area contributed by atoms with Gasteiger partial charge in [-0.15, -0.1) is 0 Å². The highest BCUT2D eigenvalue weighted by Gasteiger charge is 2.02. The van der Waals surface area contributed by atoms with Gasteiger partial charge in [-0.25, -0.2) is 4.98 Å². The van der Waals surface area contributed by atoms with E-state index in [9.17, 15) is 0 Å². The third-order valence-corrected chi connectivity index (χ3v) is 2.70. The first-order valence-electron chi connectivity index (χ1n) is 4.19. The number of hydrogen-bond donors (Lipinski definition) is 1. The maximum atomic E-state index is 5.46. The molecule has 0 amide bonds. The van der Waals surface area contributed by atoms with Crippen LogP contribution in [0.2, 0.25) is 0 Å². The number of aryl methyl sites for hydroxylation is 1. The van der Waals surface area contributed by atoms with E-state index in [0.29, 0.717) is 6.54 Å². The Balaban J connectivity index is 2.84. The number of nitrogens with zero attached hydrogens (tertiary/aromatic N) is 2. The molecule has 13 heavy (non-hydrogen) atoms. The fourth-order valence-electron chi connectivity index (χ4n) is 1.05. The molecule has 0 aliphatic rings. The van der Waals surface area contributed by atoms with Gasteiger partial charge < -0.3 is 10.6 Å². The topological polar surface area (TPSA) is 42.2 Å². The van der Waals surface area contributed by atoms with Gasteiger partial charge in [-0.05, 0) is 35.0 Å². The van der Waals surface area contributed by atoms with Gasteiger partial charge in [-0.3, -0.25) is 0 Å². The molecule has 0 aromatic carbocycles. The van der Waals surface area contributed by atoms with Crippen molar-refractivity contribution in [2.75, 3.05) is 25.0 Å². The van der Waals surface area contributed by atoms with Crippen molar-refractivity contribution in [3.05, 3.63) is 22.3 Å². The van der Waals surface area contributed by atoms with Crippen LogP contribution in [0.25, 0.3) is 0 Å². The molecule has 0 spiro atoms. The second-order valence-electron chi connectivity index (χ2n) is 2.95. The molecule has 0 aliphatic heterocycles. The zero-order chi connectivity index (χ0) is 9.84. The number of nitrogens with two attached hydrogens (primary N) is 1. The van der Waals surface area contributed by atoms with E-state index in [2.05, 4.69) is 20.9 Å². The smallest absolute Gasteiger partial charge is 0.128 e. The molecule has 1 aromatic heterocycles. The Bertz CT molecular complexity index is 288. The second-order valence-corrected chi connectivity index (χ2v) is 3.80. The van der Waals surface area contributed by atoms with Gasteiger partial charge in [0.2, 0.25) is 0 Å². The first-order valence-corrected chi connectivity index (χ1v) is 4.99. The Labute approximate surface area is 87.1 Å². The summed E-state index contributed by atoms with van der Waals surface area (Å²) in [5.74, 6) is 0.964. The summed E-state index contributed by atoms with van der Waals surface area (Å²) >= 11 is 3.41. The highest BCUT2D eigenvalue weighted by Crippen LogP contribution is 2.17. The lowest BCUT2D eigenvalue weighted by molar-refractivity contribution is 0.864. The molecule has 2 N–H and O–H groups in total. The average molecular weight is 244 g/mol. The summed E-state index contributed by atoms with van der Waals surface area (Å²) in [4.78, 5) is 6.46. The molecule has 0 aliphatic carbocycles. The van der Waals surface area contributed by atoms with E-state index < -0.39 is 0 Å². The lowest BCUT2D eigenvalue weighted by atomic mass is 10.3. The van der Waals surface area contributed by atoms with Gasteiger partial charge in [0.05, 0.1) is 5.69 Å². The van der Waals surface area contributed by atoms with Crippen molar-refractivity contribution < 1.29 is 0 Å². The van der Waals surface area contributed by atoms with E-state index in [0.717, 1.165) is 22.5 Å². The standard InChI is InChI=1S/C9H14BrN3/c1-7-8(10)3-4-9(12-7)13(2)6-5-11/h3-4H,5-6,11H2,1-2H3. The molecule has 4 heteroatoms. The van der Waals surface area contributed by atoms with Crippen LogP contribution in [-0.2, 0) is 0 Å². The van der Waals surface area contributed by atoms with Crippen molar-refractivity contribution >= 4 is 21.7 Å². The van der Waals surface area contributed by atoms with Crippen LogP contribution >= 0.6 is 15.9 Å². The van der Waals surface area contributed by atoms with Crippen LogP contribution in [0.1, 0.15) is 5.69 Å². The minimum Gasteiger partial charge on any atom is -0.358 e. The molecular weight excluding hydrogens is 230 g/mol. The first-order chi connectivity index (χ1) is 6.15. The van der Waals surface area contributed by atoms with Gasteiger partial charge in [0.25, 0.3) is 0 Å². The van der Waals surface area contributed by atoms with Crippen molar-refractivity contribution in [3.63, 3.8) is 0 Å². The summed E-state index contributed by atoms with van der Waals surface area (Å²) in [6, 6.07) is 3.98. The number of aromatic nitrogens is 1. The largest absolute Gasteiger partial charge is 0.358 e. The minimum atomic E-state index is 0.646. The van der Waals surface area contributed by atoms with Gasteiger partial charge in [0.1, 0.15) is 5.82 Å². The fraction of sp³-hybridized carbons (Fsp3) is 0.444. The molecule has 0 unspecified atom stereocenters. The van der Waals surface area contributed by atoms with Crippen LogP contribution in [0.4, 0.5) is 5.82 Å². The van der Waals surface area contributed by atoms with Crippen molar-refractivity contribution in [3.8, 4) is 0 Å². The van der Waals surface area contributed by atoms with Crippen molar-refractivity contribution in [1.29, 1.82) is 0 Å². The third kappa shape index (κ3) is 2.67. The fourth-order valence-corrected chi connectivity index (χ4v) is 1.27. The molecule has 0 radical (unpaired) electrons. The van der Waals surface area contributed by atoms with E-state index in [4.69, 9.17) is 5.73 Å². The second kappa shape index (κ2) is 4.58. The van der Waals surface area contributed by atoms with Crippen molar-refractivity contribution in [2.45, 2.75) is 6.92 Å². The van der Waals surface area contributed by atoms with Crippen LogP contribution in [0.3, 0.4) is 0 Å². The zero-order valence-corrected chi connectivity index (χ0v) is 9.50. The molecule has 1 heterocycles. The van der Waals surface area contributed by atoms with Gasteiger partial charge in [0, 0.05) is 24.6 Å². The lowest BCUT2D eigenvalue weighted by Gasteiger charge is -2.17. The molecule has 72 valence electrons. The lowest BCUT2D eigenvalue weighted by Crippen LogP contribution is -2.25. The molecule has 0 atom stereocenters. The molecule has 0 fully saturated rings. The number of hydrogen-bond acceptors (Lipinski definition) is 3. The first kappa shape index (κ1) is 10.5. The summed E-state index contributed by atoms with van der Waals surface area (Å²) in [5, 5.41) is 0. The molecular formula is C9H14BrN3. The van der Waals surface area contributed by atoms with Crippen molar-refractivity contribution in [1.82, 2.24) is 4.98 Å². The van der Waals surface area contributed by atoms with E-state index in [1.54, 1.807) is 0 Å². The van der Waals surface area contributed by atoms with Gasteiger partial charge in [0.15, 0.2) is 0 Å². The Kier molecular flexibility index (Phi) is 3.69. The number of anilines is 1. The van der Waals surface area contributed by atoms with E-state index in [1.807, 2.05) is 31.0 Å². The molecule has 1 aromatic rings. The maximum absolute atomic E-state index is 5.46. The summed E-state index contributed by atoms with van der Waals surface area (Å²) < 4.78 is 1.04. The summed E-state index contributed by atoms with van der Waals surface area (Å²) in [6.07, 6.45) is 0. The quantitative estimate of drug-likeness (QED) is 0.877. The van der Waals surface area contributed by atoms with Crippen LogP contribution < -0.4 is 10.6 Å². The SMILES string of the molecule is Cc1nc(N(C)CCN)ccc1Br. The Morgan fingerprint density at radius 2 is 2.23 bits per heavy atom. The number of rotatable bonds is 3. The molecule has 0 saturated carbocycles. The van der Waals surface area contributed by atoms with Gasteiger partial charge in [-0.1, -0.05) is 0 Å². The predicted molar refractivity (Wildman–Crippen MR) is 59.0 cm³/mol. The summed E-state index contributed by atoms with van der Waals surface area (Å²) in [5.41, 5.74) is 6.46. The van der Waals surface area contributed by atoms with E-state index in [1.165, 1.54) is 0 Å². The average Bonchev–Trinajstić information content (AvgIpc) is 2.10. The maximum Gasteiger partial charge on any atom is 0.128 e. The van der Waals surface area contributed by atoms with Gasteiger partial charge >= 0.3 is 0 Å². The van der Waals surface area contributed by atoms with Crippen LogP contribution in [0, 0.1) is 6.92 Å². The molecule has 3 nitrogen and oxygen atoms in total. The Morgan fingerprint density at radius 3 is 2.77 bits per heavy atom. The highest BCUT2D eigenvalue weighted by atomic mass is 79.9. The van der Waals surface area contributed by atoms with Crippen molar-refractivity contribution in [2.24, 2.45) is 5.73 Å². The highest BCUT2D eigenvalue weighted by molar-refractivity contribution is 9.10. The monoisotopic (exact) mass is 243 g/mol. The molecule has 0 bridgehead atoms. The van der Waals surface area contributed by atoms with E-state index >= 15 is 0 Å². The van der Waals surface area contributed by atoms with Crippen LogP contribution in [0.15, 0.2) is 16.6 Å². The van der Waals surface area contributed by atoms with Crippen LogP contribution in [-0.4, -0.2) is 25.1 Å².